The molecule has 2 heterocycles. The summed E-state index contributed by atoms with van der Waals surface area (Å²) >= 11 is 0. The van der Waals surface area contributed by atoms with Gasteiger partial charge in [-0.25, -0.2) is 0 Å². The second kappa shape index (κ2) is 7.07. The predicted molar refractivity (Wildman–Crippen MR) is 97.8 cm³/mol. The van der Waals surface area contributed by atoms with Crippen molar-refractivity contribution in [3.05, 3.63) is 59.7 Å². The number of para-hydroxylation sites is 2. The molecule has 134 valence electrons. The topological polar surface area (TPSA) is 70.7 Å². The number of amides is 2. The number of hydrazine groups is 1. The van der Waals surface area contributed by atoms with Crippen molar-refractivity contribution in [2.45, 2.75) is 25.4 Å². The summed E-state index contributed by atoms with van der Waals surface area (Å²) in [5.41, 5.74) is 8.34. The van der Waals surface area contributed by atoms with E-state index in [4.69, 9.17) is 4.74 Å². The Kier molecular flexibility index (Phi) is 4.48. The number of rotatable bonds is 3. The van der Waals surface area contributed by atoms with Crippen LogP contribution in [0.3, 0.4) is 0 Å². The van der Waals surface area contributed by atoms with Crippen LogP contribution < -0.4 is 20.5 Å². The largest absolute Gasteiger partial charge is 0.480 e. The molecule has 0 unspecified atom stereocenters. The molecule has 6 heteroatoms. The smallest absolute Gasteiger partial charge is 0.279 e. The van der Waals surface area contributed by atoms with Crippen molar-refractivity contribution in [1.29, 1.82) is 0 Å². The zero-order valence-corrected chi connectivity index (χ0v) is 14.4. The van der Waals surface area contributed by atoms with E-state index in [1.807, 2.05) is 47.4 Å². The fourth-order valence-corrected chi connectivity index (χ4v) is 3.53. The van der Waals surface area contributed by atoms with Crippen LogP contribution in [0.15, 0.2) is 48.5 Å². The van der Waals surface area contributed by atoms with E-state index in [1.54, 1.807) is 0 Å². The van der Waals surface area contributed by atoms with Crippen LogP contribution in [0.5, 0.6) is 5.75 Å². The first-order valence-electron chi connectivity index (χ1n) is 8.87. The van der Waals surface area contributed by atoms with Crippen molar-refractivity contribution in [1.82, 2.24) is 10.9 Å². The first-order chi connectivity index (χ1) is 12.7. The maximum Gasteiger partial charge on any atom is 0.279 e. The highest BCUT2D eigenvalue weighted by Gasteiger charge is 2.29. The Morgan fingerprint density at radius 3 is 2.65 bits per heavy atom. The summed E-state index contributed by atoms with van der Waals surface area (Å²) in [6, 6.07) is 15.7. The summed E-state index contributed by atoms with van der Waals surface area (Å²) in [6.07, 6.45) is 1.95. The molecule has 0 aromatic heterocycles. The molecular weight excluding hydrogens is 330 g/mol. The van der Waals surface area contributed by atoms with Crippen LogP contribution >= 0.6 is 0 Å². The van der Waals surface area contributed by atoms with E-state index in [0.717, 1.165) is 36.4 Å². The van der Waals surface area contributed by atoms with Crippen LogP contribution in [-0.2, 0) is 22.4 Å². The number of nitrogens with one attached hydrogen (secondary N) is 2. The molecule has 2 amide bonds. The number of hydrogen-bond acceptors (Lipinski definition) is 4. The minimum absolute atomic E-state index is 0.211. The molecule has 0 aliphatic carbocycles. The van der Waals surface area contributed by atoms with Crippen molar-refractivity contribution in [3.63, 3.8) is 0 Å². The quantitative estimate of drug-likeness (QED) is 0.824. The number of aryl methyl sites for hydroxylation is 1. The maximum atomic E-state index is 12.3. The number of anilines is 1. The minimum atomic E-state index is -0.608. The molecule has 0 saturated carbocycles. The Balaban J connectivity index is 1.29. The van der Waals surface area contributed by atoms with Gasteiger partial charge >= 0.3 is 0 Å². The molecule has 2 N–H and O–H groups in total. The van der Waals surface area contributed by atoms with Crippen LogP contribution in [0.4, 0.5) is 5.69 Å². The SMILES string of the molecule is O=C(CN1CCCc2ccccc21)NNC(=O)[C@H]1Cc2ccccc2O1. The fourth-order valence-electron chi connectivity index (χ4n) is 3.53. The zero-order valence-electron chi connectivity index (χ0n) is 14.4. The number of nitrogens with zero attached hydrogens (tertiary/aromatic N) is 1. The van der Waals surface area contributed by atoms with Gasteiger partial charge < -0.3 is 9.64 Å². The minimum Gasteiger partial charge on any atom is -0.480 e. The van der Waals surface area contributed by atoms with Crippen molar-refractivity contribution in [3.8, 4) is 5.75 Å². The number of carbonyl (C=O) groups is 2. The third-order valence-electron chi connectivity index (χ3n) is 4.81. The van der Waals surface area contributed by atoms with Crippen molar-refractivity contribution in [2.24, 2.45) is 0 Å². The van der Waals surface area contributed by atoms with Crippen molar-refractivity contribution >= 4 is 17.5 Å². The Morgan fingerprint density at radius 1 is 1.04 bits per heavy atom. The second-order valence-corrected chi connectivity index (χ2v) is 6.61. The zero-order chi connectivity index (χ0) is 17.9. The maximum absolute atomic E-state index is 12.3. The van der Waals surface area contributed by atoms with Gasteiger partial charge in [0, 0.05) is 18.7 Å². The summed E-state index contributed by atoms with van der Waals surface area (Å²) in [5, 5.41) is 0. The van der Waals surface area contributed by atoms with Crippen LogP contribution in [0, 0.1) is 0 Å². The molecule has 2 aliphatic rings. The molecular formula is C20H21N3O3. The molecule has 2 aromatic rings. The number of carbonyl (C=O) groups excluding carboxylic acids is 2. The van der Waals surface area contributed by atoms with E-state index in [9.17, 15) is 9.59 Å². The van der Waals surface area contributed by atoms with Gasteiger partial charge in [0.25, 0.3) is 11.8 Å². The monoisotopic (exact) mass is 351 g/mol. The number of ether oxygens (including phenoxy) is 1. The molecule has 0 bridgehead atoms. The number of benzene rings is 2. The lowest BCUT2D eigenvalue weighted by Crippen LogP contribution is -2.51. The lowest BCUT2D eigenvalue weighted by Gasteiger charge is -2.30. The van der Waals surface area contributed by atoms with Gasteiger partial charge in [-0.05, 0) is 36.1 Å². The summed E-state index contributed by atoms with van der Waals surface area (Å²) in [4.78, 5) is 26.5. The molecule has 0 saturated heterocycles. The van der Waals surface area contributed by atoms with E-state index in [1.165, 1.54) is 5.56 Å². The molecule has 1 atom stereocenters. The van der Waals surface area contributed by atoms with Crippen LogP contribution in [0.2, 0.25) is 0 Å². The third kappa shape index (κ3) is 3.35. The van der Waals surface area contributed by atoms with E-state index in [0.29, 0.717) is 6.42 Å². The van der Waals surface area contributed by atoms with E-state index in [2.05, 4.69) is 16.9 Å². The van der Waals surface area contributed by atoms with E-state index >= 15 is 0 Å². The van der Waals surface area contributed by atoms with Crippen molar-refractivity contribution < 1.29 is 14.3 Å². The normalized spacial score (nSPS) is 17.7. The average Bonchev–Trinajstić information content (AvgIpc) is 3.11. The Bertz CT molecular complexity index is 812. The van der Waals surface area contributed by atoms with Gasteiger partial charge in [-0.2, -0.15) is 0 Å². The molecule has 0 spiro atoms. The van der Waals surface area contributed by atoms with Gasteiger partial charge in [-0.1, -0.05) is 36.4 Å². The molecule has 6 nitrogen and oxygen atoms in total. The number of fused-ring (bicyclic) bond motifs is 2. The Morgan fingerprint density at radius 2 is 1.81 bits per heavy atom. The summed E-state index contributed by atoms with van der Waals surface area (Å²) in [7, 11) is 0. The van der Waals surface area contributed by atoms with E-state index in [-0.39, 0.29) is 18.4 Å². The molecule has 2 aliphatic heterocycles. The molecule has 2 aromatic carbocycles. The lowest BCUT2D eigenvalue weighted by atomic mass is 10.0. The van der Waals surface area contributed by atoms with Gasteiger partial charge in [0.1, 0.15) is 5.75 Å². The average molecular weight is 351 g/mol. The second-order valence-electron chi connectivity index (χ2n) is 6.61. The predicted octanol–water partition coefficient (Wildman–Crippen LogP) is 1.59. The molecule has 0 radical (unpaired) electrons. The van der Waals surface area contributed by atoms with Gasteiger partial charge in [0.2, 0.25) is 0 Å². The van der Waals surface area contributed by atoms with E-state index < -0.39 is 6.10 Å². The first kappa shape index (κ1) is 16.4. The van der Waals surface area contributed by atoms with Crippen LogP contribution in [-0.4, -0.2) is 31.0 Å². The summed E-state index contributed by atoms with van der Waals surface area (Å²) < 4.78 is 5.62. The molecule has 0 fully saturated rings. The summed E-state index contributed by atoms with van der Waals surface area (Å²) in [5.74, 6) is 0.142. The van der Waals surface area contributed by atoms with Crippen molar-refractivity contribution in [2.75, 3.05) is 18.0 Å². The highest BCUT2D eigenvalue weighted by atomic mass is 16.5. The standard InChI is InChI=1S/C20H21N3O3/c24-19(13-23-11-5-8-14-6-1-3-9-16(14)23)21-22-20(25)18-12-15-7-2-4-10-17(15)26-18/h1-4,6-7,9-10,18H,5,8,11-13H2,(H,21,24)(H,22,25)/t18-/m1/s1. The lowest BCUT2D eigenvalue weighted by molar-refractivity contribution is -0.132. The number of hydrogen-bond donors (Lipinski definition) is 2. The highest BCUT2D eigenvalue weighted by molar-refractivity contribution is 5.87. The highest BCUT2D eigenvalue weighted by Crippen LogP contribution is 2.28. The van der Waals surface area contributed by atoms with Gasteiger partial charge in [-0.3, -0.25) is 20.4 Å². The first-order valence-corrected chi connectivity index (χ1v) is 8.87. The molecule has 26 heavy (non-hydrogen) atoms. The fraction of sp³-hybridized carbons (Fsp3) is 0.300. The van der Waals surface area contributed by atoms with Gasteiger partial charge in [0.15, 0.2) is 6.10 Å². The Labute approximate surface area is 152 Å². The van der Waals surface area contributed by atoms with Gasteiger partial charge in [0.05, 0.1) is 6.54 Å². The van der Waals surface area contributed by atoms with Gasteiger partial charge in [-0.15, -0.1) is 0 Å². The van der Waals surface area contributed by atoms with Crippen LogP contribution in [0.25, 0.3) is 0 Å². The summed E-state index contributed by atoms with van der Waals surface area (Å²) in [6.45, 7) is 1.04. The third-order valence-corrected chi connectivity index (χ3v) is 4.81. The van der Waals surface area contributed by atoms with Crippen LogP contribution in [0.1, 0.15) is 17.5 Å². The molecule has 4 rings (SSSR count). The Hall–Kier alpha value is -3.02.